The van der Waals surface area contributed by atoms with Crippen molar-refractivity contribution in [3.8, 4) is 0 Å². The number of para-hydroxylation sites is 1. The molecule has 1 amide bonds. The molecule has 4 nitrogen and oxygen atoms in total. The molecule has 0 aromatic heterocycles. The first-order chi connectivity index (χ1) is 9.81. The topological polar surface area (TPSA) is 58.4 Å². The van der Waals surface area contributed by atoms with Crippen molar-refractivity contribution in [3.05, 3.63) is 29.3 Å². The minimum Gasteiger partial charge on any atom is -0.327 e. The van der Waals surface area contributed by atoms with Gasteiger partial charge in [0.2, 0.25) is 5.91 Å². The number of nitrogens with two attached hydrogens (primary N) is 1. The van der Waals surface area contributed by atoms with E-state index in [4.69, 9.17) is 5.73 Å². The summed E-state index contributed by atoms with van der Waals surface area (Å²) in [5, 5.41) is 3.01. The van der Waals surface area contributed by atoms with Crippen molar-refractivity contribution in [2.75, 3.05) is 25.5 Å². The molecule has 0 heterocycles. The van der Waals surface area contributed by atoms with E-state index in [0.717, 1.165) is 29.8 Å². The van der Waals surface area contributed by atoms with Gasteiger partial charge in [-0.25, -0.2) is 0 Å². The molecular formula is C17H29N3O. The summed E-state index contributed by atoms with van der Waals surface area (Å²) >= 11 is 0. The van der Waals surface area contributed by atoms with Gasteiger partial charge in [-0.2, -0.15) is 0 Å². The second kappa shape index (κ2) is 8.15. The van der Waals surface area contributed by atoms with Gasteiger partial charge in [0, 0.05) is 11.7 Å². The predicted octanol–water partition coefficient (Wildman–Crippen LogP) is 2.55. The average molecular weight is 291 g/mol. The van der Waals surface area contributed by atoms with Crippen LogP contribution in [0.15, 0.2) is 18.2 Å². The molecule has 1 aromatic carbocycles. The van der Waals surface area contributed by atoms with Crippen LogP contribution in [0, 0.1) is 19.8 Å². The summed E-state index contributed by atoms with van der Waals surface area (Å²) in [5.74, 6) is 0.495. The Kier molecular flexibility index (Phi) is 6.85. The number of carbonyl (C=O) groups excluding carboxylic acids is 1. The molecule has 1 aromatic rings. The zero-order valence-electron chi connectivity index (χ0n) is 13.9. The number of benzene rings is 1. The van der Waals surface area contributed by atoms with Crippen LogP contribution in [0.3, 0.4) is 0 Å². The zero-order chi connectivity index (χ0) is 16.0. The van der Waals surface area contributed by atoms with Crippen LogP contribution in [0.25, 0.3) is 0 Å². The van der Waals surface area contributed by atoms with Crippen molar-refractivity contribution in [1.29, 1.82) is 0 Å². The van der Waals surface area contributed by atoms with Gasteiger partial charge in [0.1, 0.15) is 0 Å². The summed E-state index contributed by atoms with van der Waals surface area (Å²) in [5.41, 5.74) is 9.14. The van der Waals surface area contributed by atoms with Crippen molar-refractivity contribution in [3.63, 3.8) is 0 Å². The highest BCUT2D eigenvalue weighted by atomic mass is 16.2. The molecule has 0 aliphatic carbocycles. The van der Waals surface area contributed by atoms with E-state index in [1.807, 2.05) is 44.0 Å². The molecule has 0 bridgehead atoms. The molecule has 0 saturated heterocycles. The van der Waals surface area contributed by atoms with E-state index >= 15 is 0 Å². The van der Waals surface area contributed by atoms with Gasteiger partial charge in [-0.1, -0.05) is 32.0 Å². The molecule has 0 fully saturated rings. The molecule has 4 heteroatoms. The highest BCUT2D eigenvalue weighted by molar-refractivity contribution is 5.93. The fraction of sp³-hybridized carbons (Fsp3) is 0.588. The van der Waals surface area contributed by atoms with Crippen molar-refractivity contribution in [1.82, 2.24) is 4.90 Å². The fourth-order valence-corrected chi connectivity index (χ4v) is 2.22. The monoisotopic (exact) mass is 291 g/mol. The summed E-state index contributed by atoms with van der Waals surface area (Å²) in [6.45, 7) is 9.48. The lowest BCUT2D eigenvalue weighted by Gasteiger charge is -2.21. The van der Waals surface area contributed by atoms with Gasteiger partial charge in [-0.15, -0.1) is 0 Å². The maximum Gasteiger partial charge on any atom is 0.238 e. The van der Waals surface area contributed by atoms with E-state index in [0.29, 0.717) is 12.5 Å². The first kappa shape index (κ1) is 17.7. The Morgan fingerprint density at radius 2 is 1.86 bits per heavy atom. The molecular weight excluding hydrogens is 262 g/mol. The zero-order valence-corrected chi connectivity index (χ0v) is 13.9. The van der Waals surface area contributed by atoms with Gasteiger partial charge in [0.15, 0.2) is 0 Å². The minimum absolute atomic E-state index is 0.0213. The third kappa shape index (κ3) is 5.86. The molecule has 118 valence electrons. The smallest absolute Gasteiger partial charge is 0.238 e. The molecule has 0 aliphatic heterocycles. The lowest BCUT2D eigenvalue weighted by Crippen LogP contribution is -2.35. The molecule has 0 saturated carbocycles. The Bertz CT molecular complexity index is 451. The van der Waals surface area contributed by atoms with Crippen LogP contribution in [-0.2, 0) is 4.79 Å². The Morgan fingerprint density at radius 1 is 1.29 bits per heavy atom. The third-order valence-corrected chi connectivity index (χ3v) is 3.86. The number of nitrogens with zero attached hydrogens (tertiary/aromatic N) is 1. The summed E-state index contributed by atoms with van der Waals surface area (Å²) < 4.78 is 0. The summed E-state index contributed by atoms with van der Waals surface area (Å²) in [6.07, 6.45) is 0.908. The van der Waals surface area contributed by atoms with Crippen molar-refractivity contribution >= 4 is 11.6 Å². The second-order valence-electron chi connectivity index (χ2n) is 6.25. The second-order valence-corrected chi connectivity index (χ2v) is 6.25. The van der Waals surface area contributed by atoms with Crippen molar-refractivity contribution < 1.29 is 4.79 Å². The average Bonchev–Trinajstić information content (AvgIpc) is 2.40. The van der Waals surface area contributed by atoms with Crippen molar-refractivity contribution in [2.24, 2.45) is 11.7 Å². The molecule has 0 radical (unpaired) electrons. The van der Waals surface area contributed by atoms with E-state index in [2.05, 4.69) is 19.2 Å². The van der Waals surface area contributed by atoms with E-state index in [-0.39, 0.29) is 11.9 Å². The largest absolute Gasteiger partial charge is 0.327 e. The number of carbonyl (C=O) groups is 1. The van der Waals surface area contributed by atoms with E-state index in [1.54, 1.807) is 0 Å². The van der Waals surface area contributed by atoms with Gasteiger partial charge in [-0.05, 0) is 50.9 Å². The molecule has 1 atom stereocenters. The van der Waals surface area contributed by atoms with Crippen LogP contribution >= 0.6 is 0 Å². The first-order valence-corrected chi connectivity index (χ1v) is 7.61. The molecule has 0 aliphatic rings. The Labute approximate surface area is 128 Å². The number of hydrogen-bond acceptors (Lipinski definition) is 3. The number of hydrogen-bond donors (Lipinski definition) is 2. The maximum absolute atomic E-state index is 12.1. The van der Waals surface area contributed by atoms with Gasteiger partial charge >= 0.3 is 0 Å². The van der Waals surface area contributed by atoms with Gasteiger partial charge in [-0.3, -0.25) is 9.69 Å². The predicted molar refractivity (Wildman–Crippen MR) is 89.5 cm³/mol. The summed E-state index contributed by atoms with van der Waals surface area (Å²) in [6, 6.07) is 6.20. The highest BCUT2D eigenvalue weighted by Crippen LogP contribution is 2.19. The lowest BCUT2D eigenvalue weighted by molar-refractivity contribution is -0.117. The number of aryl methyl sites for hydroxylation is 2. The van der Waals surface area contributed by atoms with Crippen LogP contribution in [0.5, 0.6) is 0 Å². The summed E-state index contributed by atoms with van der Waals surface area (Å²) in [7, 11) is 1.96. The molecule has 1 rings (SSSR count). The van der Waals surface area contributed by atoms with Gasteiger partial charge in [0.25, 0.3) is 0 Å². The molecule has 1 unspecified atom stereocenters. The van der Waals surface area contributed by atoms with Gasteiger partial charge in [0.05, 0.1) is 6.54 Å². The van der Waals surface area contributed by atoms with E-state index < -0.39 is 0 Å². The normalized spacial score (nSPS) is 12.8. The number of amides is 1. The highest BCUT2D eigenvalue weighted by Gasteiger charge is 2.12. The molecule has 0 spiro atoms. The maximum atomic E-state index is 12.1. The number of nitrogens with one attached hydrogen (secondary N) is 1. The summed E-state index contributed by atoms with van der Waals surface area (Å²) in [4.78, 5) is 14.1. The number of likely N-dealkylation sites (N-methyl/N-ethyl adjacent to an activating group) is 1. The first-order valence-electron chi connectivity index (χ1n) is 7.61. The SMILES string of the molecule is Cc1cccc(C)c1NC(=O)CN(C)CCC(N)C(C)C. The number of rotatable bonds is 7. The Balaban J connectivity index is 2.46. The van der Waals surface area contributed by atoms with Crippen LogP contribution in [0.2, 0.25) is 0 Å². The Morgan fingerprint density at radius 3 is 2.38 bits per heavy atom. The van der Waals surface area contributed by atoms with E-state index in [1.165, 1.54) is 0 Å². The van der Waals surface area contributed by atoms with Gasteiger partial charge < -0.3 is 11.1 Å². The van der Waals surface area contributed by atoms with Crippen LogP contribution in [-0.4, -0.2) is 37.0 Å². The van der Waals surface area contributed by atoms with Crippen LogP contribution in [0.1, 0.15) is 31.4 Å². The van der Waals surface area contributed by atoms with Crippen LogP contribution < -0.4 is 11.1 Å². The van der Waals surface area contributed by atoms with Crippen molar-refractivity contribution in [2.45, 2.75) is 40.2 Å². The van der Waals surface area contributed by atoms with Crippen LogP contribution in [0.4, 0.5) is 5.69 Å². The third-order valence-electron chi connectivity index (χ3n) is 3.86. The lowest BCUT2D eigenvalue weighted by atomic mass is 10.0. The minimum atomic E-state index is 0.0213. The standard InChI is InChI=1S/C17H29N3O/c1-12(2)15(18)9-10-20(5)11-16(21)19-17-13(3)7-6-8-14(17)4/h6-8,12,15H,9-11,18H2,1-5H3,(H,19,21). The molecule has 21 heavy (non-hydrogen) atoms. The molecule has 3 N–H and O–H groups in total. The quantitative estimate of drug-likeness (QED) is 0.811. The fourth-order valence-electron chi connectivity index (χ4n) is 2.22. The Hall–Kier alpha value is -1.39. The van der Waals surface area contributed by atoms with E-state index in [9.17, 15) is 4.79 Å². The number of anilines is 1.